The molecule has 3 rings (SSSR count). The fourth-order valence-corrected chi connectivity index (χ4v) is 5.60. The van der Waals surface area contributed by atoms with Crippen molar-refractivity contribution in [3.05, 3.63) is 24.3 Å². The van der Waals surface area contributed by atoms with Gasteiger partial charge in [-0.25, -0.2) is 8.42 Å². The van der Waals surface area contributed by atoms with E-state index in [0.29, 0.717) is 31.2 Å². The van der Waals surface area contributed by atoms with Crippen LogP contribution in [0.2, 0.25) is 0 Å². The number of nitrogens with one attached hydrogen (secondary N) is 1. The molecule has 160 valence electrons. The van der Waals surface area contributed by atoms with E-state index in [0.717, 1.165) is 12.8 Å². The average molecular weight is 422 g/mol. The lowest BCUT2D eigenvalue weighted by atomic mass is 10.0. The zero-order valence-corrected chi connectivity index (χ0v) is 18.5. The highest BCUT2D eigenvalue weighted by Gasteiger charge is 2.39. The molecule has 2 atom stereocenters. The molecule has 1 N–H and O–H groups in total. The minimum absolute atomic E-state index is 0.0187. The Bertz CT molecular complexity index is 874. The van der Waals surface area contributed by atoms with Crippen LogP contribution in [0.15, 0.2) is 29.2 Å². The maximum atomic E-state index is 12.8. The van der Waals surface area contributed by atoms with Gasteiger partial charge in [0.15, 0.2) is 0 Å². The molecule has 0 aliphatic carbocycles. The Morgan fingerprint density at radius 3 is 2.34 bits per heavy atom. The molecule has 1 aromatic carbocycles. The summed E-state index contributed by atoms with van der Waals surface area (Å²) in [6.07, 6.45) is 2.12. The van der Waals surface area contributed by atoms with Crippen LogP contribution < -0.4 is 5.32 Å². The number of piperidine rings is 1. The zero-order chi connectivity index (χ0) is 21.4. The van der Waals surface area contributed by atoms with Gasteiger partial charge in [-0.1, -0.05) is 6.92 Å². The molecule has 2 aliphatic rings. The maximum absolute atomic E-state index is 12.8. The van der Waals surface area contributed by atoms with Gasteiger partial charge in [0.2, 0.25) is 21.8 Å². The molecular weight excluding hydrogens is 390 g/mol. The number of amides is 2. The summed E-state index contributed by atoms with van der Waals surface area (Å²) in [6, 6.07) is 6.28. The first-order valence-electron chi connectivity index (χ1n) is 10.2. The van der Waals surface area contributed by atoms with Gasteiger partial charge in [0, 0.05) is 37.3 Å². The fraction of sp³-hybridized carbons (Fsp3) is 0.619. The second kappa shape index (κ2) is 8.07. The third kappa shape index (κ3) is 4.80. The van der Waals surface area contributed by atoms with Gasteiger partial charge in [-0.3, -0.25) is 9.59 Å². The topological polar surface area (TPSA) is 86.8 Å². The minimum atomic E-state index is -3.52. The number of hydrogen-bond donors (Lipinski definition) is 1. The van der Waals surface area contributed by atoms with Gasteiger partial charge >= 0.3 is 0 Å². The molecule has 7 nitrogen and oxygen atoms in total. The van der Waals surface area contributed by atoms with Gasteiger partial charge in [-0.15, -0.1) is 0 Å². The van der Waals surface area contributed by atoms with Crippen LogP contribution in [0.4, 0.5) is 5.69 Å². The molecule has 0 radical (unpaired) electrons. The number of nitrogens with zero attached hydrogens (tertiary/aromatic N) is 2. The Kier molecular flexibility index (Phi) is 6.06. The number of benzene rings is 1. The van der Waals surface area contributed by atoms with E-state index >= 15 is 0 Å². The maximum Gasteiger partial charge on any atom is 0.243 e. The average Bonchev–Trinajstić information content (AvgIpc) is 3.04. The standard InChI is InChI=1S/C21H31N3O4S/c1-15-6-5-11-23(13-15)29(27,28)18-9-7-17(8-10-18)22-20(26)16-12-19(25)24(14-16)21(2,3)4/h7-10,15-16H,5-6,11-14H2,1-4H3,(H,22,26)/t15-,16+/m0/s1. The van der Waals surface area contributed by atoms with Crippen molar-refractivity contribution < 1.29 is 18.0 Å². The predicted molar refractivity (Wildman–Crippen MR) is 112 cm³/mol. The second-order valence-electron chi connectivity index (χ2n) is 9.20. The van der Waals surface area contributed by atoms with Crippen LogP contribution in [-0.4, -0.2) is 54.6 Å². The third-order valence-electron chi connectivity index (χ3n) is 5.68. The highest BCUT2D eigenvalue weighted by Crippen LogP contribution is 2.28. The first-order chi connectivity index (χ1) is 13.5. The lowest BCUT2D eigenvalue weighted by Gasteiger charge is -2.31. The van der Waals surface area contributed by atoms with Gasteiger partial charge in [0.05, 0.1) is 10.8 Å². The van der Waals surface area contributed by atoms with Gasteiger partial charge in [-0.2, -0.15) is 4.31 Å². The van der Waals surface area contributed by atoms with Crippen molar-refractivity contribution in [2.24, 2.45) is 11.8 Å². The van der Waals surface area contributed by atoms with E-state index in [9.17, 15) is 18.0 Å². The zero-order valence-electron chi connectivity index (χ0n) is 17.6. The van der Waals surface area contributed by atoms with Crippen molar-refractivity contribution in [3.63, 3.8) is 0 Å². The predicted octanol–water partition coefficient (Wildman–Crippen LogP) is 2.69. The Labute approximate surface area is 173 Å². The second-order valence-corrected chi connectivity index (χ2v) is 11.1. The largest absolute Gasteiger partial charge is 0.337 e. The van der Waals surface area contributed by atoms with Crippen LogP contribution in [0.5, 0.6) is 0 Å². The summed E-state index contributed by atoms with van der Waals surface area (Å²) in [5.74, 6) is -0.278. The first-order valence-corrected chi connectivity index (χ1v) is 11.6. The van der Waals surface area contributed by atoms with Crippen molar-refractivity contribution in [1.29, 1.82) is 0 Å². The van der Waals surface area contributed by atoms with Crippen LogP contribution in [-0.2, 0) is 19.6 Å². The van der Waals surface area contributed by atoms with Crippen LogP contribution in [0.25, 0.3) is 0 Å². The molecule has 2 aliphatic heterocycles. The molecule has 0 unspecified atom stereocenters. The minimum Gasteiger partial charge on any atom is -0.337 e. The van der Waals surface area contributed by atoms with Crippen LogP contribution in [0.1, 0.15) is 47.0 Å². The smallest absolute Gasteiger partial charge is 0.243 e. The lowest BCUT2D eigenvalue weighted by molar-refractivity contribution is -0.131. The summed E-state index contributed by atoms with van der Waals surface area (Å²) < 4.78 is 27.2. The number of rotatable bonds is 4. The van der Waals surface area contributed by atoms with Gasteiger partial charge in [0.25, 0.3) is 0 Å². The van der Waals surface area contributed by atoms with Crippen molar-refractivity contribution in [2.75, 3.05) is 25.0 Å². The van der Waals surface area contributed by atoms with Crippen molar-refractivity contribution >= 4 is 27.5 Å². The lowest BCUT2D eigenvalue weighted by Crippen LogP contribution is -2.42. The molecule has 2 heterocycles. The quantitative estimate of drug-likeness (QED) is 0.810. The number of carbonyl (C=O) groups is 2. The van der Waals surface area contributed by atoms with Gasteiger partial charge in [0.1, 0.15) is 0 Å². The van der Waals surface area contributed by atoms with Crippen LogP contribution in [0.3, 0.4) is 0 Å². The first kappa shape index (κ1) is 21.8. The molecule has 0 saturated carbocycles. The number of sulfonamides is 1. The summed E-state index contributed by atoms with van der Waals surface area (Å²) in [7, 11) is -3.52. The SMILES string of the molecule is C[C@H]1CCCN(S(=O)(=O)c2ccc(NC(=O)[C@@H]3CC(=O)N(C(C)(C)C)C3)cc2)C1. The van der Waals surface area contributed by atoms with Crippen molar-refractivity contribution in [1.82, 2.24) is 9.21 Å². The van der Waals surface area contributed by atoms with Gasteiger partial charge in [-0.05, 0) is 63.8 Å². The Morgan fingerprint density at radius 2 is 1.79 bits per heavy atom. The number of hydrogen-bond acceptors (Lipinski definition) is 4. The van der Waals surface area contributed by atoms with Crippen LogP contribution in [0, 0.1) is 11.8 Å². The molecule has 2 amide bonds. The number of likely N-dealkylation sites (tertiary alicyclic amines) is 1. The molecule has 1 aromatic rings. The molecule has 0 aromatic heterocycles. The summed E-state index contributed by atoms with van der Waals surface area (Å²) in [6.45, 7) is 9.41. The third-order valence-corrected chi connectivity index (χ3v) is 7.56. The van der Waals surface area contributed by atoms with E-state index in [4.69, 9.17) is 0 Å². The van der Waals surface area contributed by atoms with E-state index in [1.54, 1.807) is 21.3 Å². The molecular formula is C21H31N3O4S. The highest BCUT2D eigenvalue weighted by molar-refractivity contribution is 7.89. The Balaban J connectivity index is 1.65. The summed E-state index contributed by atoms with van der Waals surface area (Å²) in [5.41, 5.74) is 0.219. The molecule has 0 bridgehead atoms. The monoisotopic (exact) mass is 421 g/mol. The van der Waals surface area contributed by atoms with E-state index in [2.05, 4.69) is 12.2 Å². The number of carbonyl (C=O) groups excluding carboxylic acids is 2. The van der Waals surface area contributed by atoms with E-state index in [-0.39, 0.29) is 28.7 Å². The van der Waals surface area contributed by atoms with Crippen molar-refractivity contribution in [3.8, 4) is 0 Å². The van der Waals surface area contributed by atoms with E-state index in [1.165, 1.54) is 12.1 Å². The van der Waals surface area contributed by atoms with Gasteiger partial charge < -0.3 is 10.2 Å². The highest BCUT2D eigenvalue weighted by atomic mass is 32.2. The molecule has 29 heavy (non-hydrogen) atoms. The molecule has 0 spiro atoms. The Hall–Kier alpha value is -1.93. The fourth-order valence-electron chi connectivity index (χ4n) is 4.00. The number of anilines is 1. The summed E-state index contributed by atoms with van der Waals surface area (Å²) in [5, 5.41) is 2.82. The molecule has 2 saturated heterocycles. The van der Waals surface area contributed by atoms with Crippen molar-refractivity contribution in [2.45, 2.75) is 57.4 Å². The molecule has 8 heteroatoms. The van der Waals surface area contributed by atoms with Crippen LogP contribution >= 0.6 is 0 Å². The summed E-state index contributed by atoms with van der Waals surface area (Å²) >= 11 is 0. The van der Waals surface area contributed by atoms with E-state index in [1.807, 2.05) is 20.8 Å². The van der Waals surface area contributed by atoms with E-state index < -0.39 is 15.9 Å². The Morgan fingerprint density at radius 1 is 1.14 bits per heavy atom. The summed E-state index contributed by atoms with van der Waals surface area (Å²) in [4.78, 5) is 26.7. The molecule has 2 fully saturated rings. The normalized spacial score (nSPS) is 24.0.